The molecule has 1 unspecified atom stereocenters. The predicted molar refractivity (Wildman–Crippen MR) is 127 cm³/mol. The van der Waals surface area contributed by atoms with Crippen LogP contribution in [-0.4, -0.2) is 25.6 Å². The summed E-state index contributed by atoms with van der Waals surface area (Å²) in [7, 11) is 1.71. The van der Waals surface area contributed by atoms with Gasteiger partial charge in [-0.25, -0.2) is 4.98 Å². The molecule has 158 valence electrons. The lowest BCUT2D eigenvalue weighted by atomic mass is 10.1. The van der Waals surface area contributed by atoms with Crippen LogP contribution in [0.15, 0.2) is 82.1 Å². The number of hydrogen-bond acceptors (Lipinski definition) is 5. The number of amides is 1. The normalized spacial score (nSPS) is 12.1. The van der Waals surface area contributed by atoms with Crippen molar-refractivity contribution in [2.75, 3.05) is 0 Å². The Morgan fingerprint density at radius 2 is 1.61 bits per heavy atom. The molecule has 0 aliphatic rings. The minimum Gasteiger partial charge on any atom is -0.333 e. The second-order valence-corrected chi connectivity index (χ2v) is 9.53. The number of aromatic nitrogens is 2. The van der Waals surface area contributed by atoms with E-state index in [0.717, 1.165) is 11.1 Å². The highest BCUT2D eigenvalue weighted by molar-refractivity contribution is 8.00. The smallest absolute Gasteiger partial charge is 0.262 e. The van der Waals surface area contributed by atoms with Gasteiger partial charge in [-0.1, -0.05) is 72.4 Å². The highest BCUT2D eigenvalue weighted by Gasteiger charge is 2.24. The first-order valence-electron chi connectivity index (χ1n) is 10.0. The first kappa shape index (κ1) is 21.3. The molecule has 4 aromatic rings. The van der Waals surface area contributed by atoms with Crippen LogP contribution in [0, 0.1) is 0 Å². The molecule has 31 heavy (non-hydrogen) atoms. The van der Waals surface area contributed by atoms with Crippen molar-refractivity contribution in [3.8, 4) is 0 Å². The lowest BCUT2D eigenvalue weighted by molar-refractivity contribution is -0.131. The molecule has 0 radical (unpaired) electrons. The third kappa shape index (κ3) is 4.89. The topological polar surface area (TPSA) is 55.2 Å². The fraction of sp³-hybridized carbons (Fsp3) is 0.208. The number of thioether (sulfide) groups is 1. The minimum absolute atomic E-state index is 0.0123. The van der Waals surface area contributed by atoms with Gasteiger partial charge in [0.15, 0.2) is 5.16 Å². The van der Waals surface area contributed by atoms with E-state index in [1.165, 1.54) is 27.7 Å². The van der Waals surface area contributed by atoms with Crippen LogP contribution in [-0.2, 0) is 24.9 Å². The fourth-order valence-electron chi connectivity index (χ4n) is 3.37. The van der Waals surface area contributed by atoms with Crippen molar-refractivity contribution < 1.29 is 4.79 Å². The molecule has 0 saturated carbocycles. The molecule has 1 amide bonds. The Kier molecular flexibility index (Phi) is 6.53. The standard InChI is InChI=1S/C24H23N3O2S2/c1-17(31-24-25-21-20(13-14-30-21)23(29)26(24)2)22(28)27(15-18-9-5-3-6-10-18)16-19-11-7-4-8-12-19/h3-14,17H,15-16H2,1-2H3. The van der Waals surface area contributed by atoms with E-state index in [1.807, 2.05) is 77.9 Å². The van der Waals surface area contributed by atoms with Gasteiger partial charge in [-0.2, -0.15) is 0 Å². The van der Waals surface area contributed by atoms with Gasteiger partial charge in [0, 0.05) is 20.1 Å². The van der Waals surface area contributed by atoms with Crippen LogP contribution in [0.5, 0.6) is 0 Å². The van der Waals surface area contributed by atoms with Crippen molar-refractivity contribution >= 4 is 39.2 Å². The maximum absolute atomic E-state index is 13.5. The van der Waals surface area contributed by atoms with Crippen LogP contribution in [0.1, 0.15) is 18.1 Å². The third-order valence-electron chi connectivity index (χ3n) is 5.04. The molecule has 2 aromatic heterocycles. The summed E-state index contributed by atoms with van der Waals surface area (Å²) in [6, 6.07) is 21.8. The Hall–Kier alpha value is -2.90. The monoisotopic (exact) mass is 449 g/mol. The first-order chi connectivity index (χ1) is 15.0. The number of rotatable bonds is 7. The SMILES string of the molecule is CC(Sc1nc2sccc2c(=O)n1C)C(=O)N(Cc1ccccc1)Cc1ccccc1. The molecular weight excluding hydrogens is 426 g/mol. The number of carbonyl (C=O) groups is 1. The largest absolute Gasteiger partial charge is 0.333 e. The van der Waals surface area contributed by atoms with Gasteiger partial charge >= 0.3 is 0 Å². The Morgan fingerprint density at radius 1 is 1.03 bits per heavy atom. The van der Waals surface area contributed by atoms with Gasteiger partial charge < -0.3 is 4.90 Å². The molecule has 4 rings (SSSR count). The van der Waals surface area contributed by atoms with Crippen LogP contribution in [0.3, 0.4) is 0 Å². The van der Waals surface area contributed by atoms with Crippen LogP contribution >= 0.6 is 23.1 Å². The molecule has 7 heteroatoms. The van der Waals surface area contributed by atoms with Crippen molar-refractivity contribution in [2.45, 2.75) is 30.4 Å². The van der Waals surface area contributed by atoms with Crippen LogP contribution in [0.2, 0.25) is 0 Å². The van der Waals surface area contributed by atoms with Gasteiger partial charge in [-0.15, -0.1) is 11.3 Å². The van der Waals surface area contributed by atoms with Crippen molar-refractivity contribution in [3.63, 3.8) is 0 Å². The zero-order valence-corrected chi connectivity index (χ0v) is 19.0. The maximum atomic E-state index is 13.5. The summed E-state index contributed by atoms with van der Waals surface area (Å²) in [6.45, 7) is 2.92. The molecule has 2 aromatic carbocycles. The Balaban J connectivity index is 1.58. The highest BCUT2D eigenvalue weighted by atomic mass is 32.2. The van der Waals surface area contributed by atoms with Crippen LogP contribution < -0.4 is 5.56 Å². The van der Waals surface area contributed by atoms with Crippen LogP contribution in [0.4, 0.5) is 0 Å². The maximum Gasteiger partial charge on any atom is 0.262 e. The summed E-state index contributed by atoms with van der Waals surface area (Å²) in [5.74, 6) is 0.0123. The molecule has 0 N–H and O–H groups in total. The molecule has 2 heterocycles. The molecule has 0 aliphatic heterocycles. The van der Waals surface area contributed by atoms with Crippen LogP contribution in [0.25, 0.3) is 10.2 Å². The molecule has 1 atom stereocenters. The van der Waals surface area contributed by atoms with Gasteiger partial charge in [0.1, 0.15) is 4.83 Å². The van der Waals surface area contributed by atoms with Crippen molar-refractivity contribution in [3.05, 3.63) is 93.6 Å². The Morgan fingerprint density at radius 3 is 2.19 bits per heavy atom. The molecule has 0 fully saturated rings. The van der Waals surface area contributed by atoms with E-state index in [9.17, 15) is 9.59 Å². The van der Waals surface area contributed by atoms with E-state index in [-0.39, 0.29) is 16.7 Å². The number of fused-ring (bicyclic) bond motifs is 1. The van der Waals surface area contributed by atoms with Gasteiger partial charge in [-0.3, -0.25) is 14.2 Å². The van der Waals surface area contributed by atoms with E-state index >= 15 is 0 Å². The molecule has 0 aliphatic carbocycles. The quantitative estimate of drug-likeness (QED) is 0.303. The first-order valence-corrected chi connectivity index (χ1v) is 11.8. The van der Waals surface area contributed by atoms with E-state index in [2.05, 4.69) is 4.98 Å². The average molecular weight is 450 g/mol. The molecular formula is C24H23N3O2S2. The van der Waals surface area contributed by atoms with Crippen molar-refractivity contribution in [1.29, 1.82) is 0 Å². The second kappa shape index (κ2) is 9.49. The zero-order chi connectivity index (χ0) is 21.8. The lowest BCUT2D eigenvalue weighted by Gasteiger charge is -2.26. The summed E-state index contributed by atoms with van der Waals surface area (Å²) in [6.07, 6.45) is 0. The Labute approximate surface area is 189 Å². The minimum atomic E-state index is -0.386. The highest BCUT2D eigenvalue weighted by Crippen LogP contribution is 2.26. The number of nitrogens with zero attached hydrogens (tertiary/aromatic N) is 3. The summed E-state index contributed by atoms with van der Waals surface area (Å²) in [4.78, 5) is 33.2. The molecule has 0 bridgehead atoms. The van der Waals surface area contributed by atoms with E-state index < -0.39 is 0 Å². The van der Waals surface area contributed by atoms with Gasteiger partial charge in [0.25, 0.3) is 5.56 Å². The number of benzene rings is 2. The molecule has 0 saturated heterocycles. The zero-order valence-electron chi connectivity index (χ0n) is 17.4. The predicted octanol–water partition coefficient (Wildman–Crippen LogP) is 4.70. The average Bonchev–Trinajstić information content (AvgIpc) is 3.26. The fourth-order valence-corrected chi connectivity index (χ4v) is 5.13. The molecule has 0 spiro atoms. The summed E-state index contributed by atoms with van der Waals surface area (Å²) in [5.41, 5.74) is 2.07. The molecule has 5 nitrogen and oxygen atoms in total. The van der Waals surface area contributed by atoms with Crippen molar-refractivity contribution in [2.24, 2.45) is 7.05 Å². The number of thiophene rings is 1. The van der Waals surface area contributed by atoms with E-state index in [1.54, 1.807) is 13.1 Å². The third-order valence-corrected chi connectivity index (χ3v) is 6.98. The van der Waals surface area contributed by atoms with Gasteiger partial charge in [-0.05, 0) is 29.5 Å². The summed E-state index contributed by atoms with van der Waals surface area (Å²) < 4.78 is 1.53. The lowest BCUT2D eigenvalue weighted by Crippen LogP contribution is -2.36. The second-order valence-electron chi connectivity index (χ2n) is 7.32. The number of hydrogen-bond donors (Lipinski definition) is 0. The van der Waals surface area contributed by atoms with E-state index in [0.29, 0.717) is 28.5 Å². The van der Waals surface area contributed by atoms with Gasteiger partial charge in [0.05, 0.1) is 10.6 Å². The van der Waals surface area contributed by atoms with E-state index in [4.69, 9.17) is 0 Å². The van der Waals surface area contributed by atoms with Crippen molar-refractivity contribution in [1.82, 2.24) is 14.5 Å². The summed E-state index contributed by atoms with van der Waals surface area (Å²) >= 11 is 2.76. The summed E-state index contributed by atoms with van der Waals surface area (Å²) in [5, 5.41) is 2.65. The Bertz CT molecular complexity index is 1190. The number of carbonyl (C=O) groups excluding carboxylic acids is 1. The van der Waals surface area contributed by atoms with Gasteiger partial charge in [0.2, 0.25) is 5.91 Å².